The molecular weight excluding hydrogens is 246 g/mol. The van der Waals surface area contributed by atoms with Gasteiger partial charge in [-0.2, -0.15) is 0 Å². The zero-order chi connectivity index (χ0) is 13.0. The fourth-order valence-corrected chi connectivity index (χ4v) is 2.98. The third-order valence-electron chi connectivity index (χ3n) is 3.01. The number of rotatable bonds is 7. The van der Waals surface area contributed by atoms with Crippen molar-refractivity contribution in [2.45, 2.75) is 38.8 Å². The van der Waals surface area contributed by atoms with Crippen LogP contribution in [0.1, 0.15) is 35.9 Å². The maximum atomic E-state index is 10.4. The van der Waals surface area contributed by atoms with Crippen molar-refractivity contribution in [1.29, 1.82) is 0 Å². The lowest BCUT2D eigenvalue weighted by molar-refractivity contribution is -0.131. The van der Waals surface area contributed by atoms with Crippen LogP contribution in [-0.4, -0.2) is 28.6 Å². The van der Waals surface area contributed by atoms with Crippen molar-refractivity contribution in [3.8, 4) is 0 Å². The predicted octanol–water partition coefficient (Wildman–Crippen LogP) is 3.22. The number of hydrogen-bond acceptors (Lipinski definition) is 3. The van der Waals surface area contributed by atoms with E-state index in [1.807, 2.05) is 6.07 Å². The SMILES string of the molecule is CCCN(Cc1ccc(C=CC(=O)O)s1)C1CC1. The average molecular weight is 265 g/mol. The van der Waals surface area contributed by atoms with Crippen LogP contribution in [0.4, 0.5) is 0 Å². The highest BCUT2D eigenvalue weighted by molar-refractivity contribution is 7.12. The number of thiophene rings is 1. The number of carboxylic acids is 1. The summed E-state index contributed by atoms with van der Waals surface area (Å²) in [4.78, 5) is 15.3. The zero-order valence-electron chi connectivity index (χ0n) is 10.6. The van der Waals surface area contributed by atoms with Gasteiger partial charge in [0.15, 0.2) is 0 Å². The van der Waals surface area contributed by atoms with E-state index in [1.54, 1.807) is 17.4 Å². The van der Waals surface area contributed by atoms with Gasteiger partial charge in [-0.15, -0.1) is 11.3 Å². The molecule has 0 saturated heterocycles. The lowest BCUT2D eigenvalue weighted by Crippen LogP contribution is -2.25. The van der Waals surface area contributed by atoms with Gasteiger partial charge in [-0.25, -0.2) is 4.79 Å². The van der Waals surface area contributed by atoms with E-state index in [0.29, 0.717) is 0 Å². The highest BCUT2D eigenvalue weighted by atomic mass is 32.1. The molecule has 1 N–H and O–H groups in total. The van der Waals surface area contributed by atoms with Crippen molar-refractivity contribution in [1.82, 2.24) is 4.90 Å². The first kappa shape index (κ1) is 13.3. The van der Waals surface area contributed by atoms with Gasteiger partial charge in [0, 0.05) is 28.4 Å². The number of carbonyl (C=O) groups is 1. The van der Waals surface area contributed by atoms with Crippen LogP contribution >= 0.6 is 11.3 Å². The molecule has 1 fully saturated rings. The largest absolute Gasteiger partial charge is 0.478 e. The molecule has 1 aromatic rings. The second kappa shape index (κ2) is 6.16. The van der Waals surface area contributed by atoms with Crippen LogP contribution in [0, 0.1) is 0 Å². The van der Waals surface area contributed by atoms with Crippen LogP contribution in [0.3, 0.4) is 0 Å². The summed E-state index contributed by atoms with van der Waals surface area (Å²) in [5, 5.41) is 8.59. The Kier molecular flexibility index (Phi) is 4.55. The van der Waals surface area contributed by atoms with Gasteiger partial charge in [0.1, 0.15) is 0 Å². The summed E-state index contributed by atoms with van der Waals surface area (Å²) >= 11 is 1.68. The summed E-state index contributed by atoms with van der Waals surface area (Å²) in [5.41, 5.74) is 0. The molecule has 0 aliphatic heterocycles. The van der Waals surface area contributed by atoms with E-state index >= 15 is 0 Å². The monoisotopic (exact) mass is 265 g/mol. The highest BCUT2D eigenvalue weighted by Gasteiger charge is 2.28. The van der Waals surface area contributed by atoms with E-state index in [-0.39, 0.29) is 0 Å². The van der Waals surface area contributed by atoms with Gasteiger partial charge in [-0.1, -0.05) is 6.92 Å². The molecular formula is C14H19NO2S. The molecule has 98 valence electrons. The average Bonchev–Trinajstić information content (AvgIpc) is 3.08. The van der Waals surface area contributed by atoms with Gasteiger partial charge in [0.05, 0.1) is 0 Å². The normalized spacial score (nSPS) is 15.7. The molecule has 1 aliphatic rings. The van der Waals surface area contributed by atoms with Gasteiger partial charge in [0.2, 0.25) is 0 Å². The molecule has 0 radical (unpaired) electrons. The molecule has 1 saturated carbocycles. The highest BCUT2D eigenvalue weighted by Crippen LogP contribution is 2.30. The Morgan fingerprint density at radius 3 is 2.94 bits per heavy atom. The van der Waals surface area contributed by atoms with Gasteiger partial charge in [0.25, 0.3) is 0 Å². The van der Waals surface area contributed by atoms with E-state index in [0.717, 1.165) is 24.0 Å². The molecule has 18 heavy (non-hydrogen) atoms. The minimum Gasteiger partial charge on any atom is -0.478 e. The van der Waals surface area contributed by atoms with Crippen LogP contribution in [0.15, 0.2) is 18.2 Å². The van der Waals surface area contributed by atoms with Crippen molar-refractivity contribution >= 4 is 23.4 Å². The fraction of sp³-hybridized carbons (Fsp3) is 0.500. The minimum absolute atomic E-state index is 0.782. The summed E-state index contributed by atoms with van der Waals surface area (Å²) in [6, 6.07) is 4.89. The third-order valence-corrected chi connectivity index (χ3v) is 4.04. The zero-order valence-corrected chi connectivity index (χ0v) is 11.4. The van der Waals surface area contributed by atoms with Crippen molar-refractivity contribution in [2.24, 2.45) is 0 Å². The Labute approximate surface area is 112 Å². The smallest absolute Gasteiger partial charge is 0.328 e. The van der Waals surface area contributed by atoms with Crippen molar-refractivity contribution < 1.29 is 9.90 Å². The van der Waals surface area contributed by atoms with Gasteiger partial charge >= 0.3 is 5.97 Å². The van der Waals surface area contributed by atoms with E-state index in [9.17, 15) is 4.79 Å². The third kappa shape index (κ3) is 3.96. The number of hydrogen-bond donors (Lipinski definition) is 1. The Balaban J connectivity index is 1.94. The standard InChI is InChI=1S/C14H19NO2S/c1-2-9-15(11-3-4-11)10-13-6-5-12(18-13)7-8-14(16)17/h5-8,11H,2-4,9-10H2,1H3,(H,16,17). The van der Waals surface area contributed by atoms with E-state index < -0.39 is 5.97 Å². The molecule has 1 heterocycles. The summed E-state index contributed by atoms with van der Waals surface area (Å²) in [6.07, 6.45) is 6.71. The van der Waals surface area contributed by atoms with Crippen LogP contribution in [0.5, 0.6) is 0 Å². The van der Waals surface area contributed by atoms with Gasteiger partial charge < -0.3 is 5.11 Å². The molecule has 0 unspecified atom stereocenters. The van der Waals surface area contributed by atoms with E-state index in [1.165, 1.54) is 30.2 Å². The van der Waals surface area contributed by atoms with Crippen molar-refractivity contribution in [3.63, 3.8) is 0 Å². The summed E-state index contributed by atoms with van der Waals surface area (Å²) in [7, 11) is 0. The van der Waals surface area contributed by atoms with E-state index in [2.05, 4.69) is 17.9 Å². The topological polar surface area (TPSA) is 40.5 Å². The lowest BCUT2D eigenvalue weighted by atomic mass is 10.3. The fourth-order valence-electron chi connectivity index (χ4n) is 2.04. The lowest BCUT2D eigenvalue weighted by Gasteiger charge is -2.20. The quantitative estimate of drug-likeness (QED) is 0.770. The van der Waals surface area contributed by atoms with Crippen LogP contribution < -0.4 is 0 Å². The number of aliphatic carboxylic acids is 1. The number of nitrogens with zero attached hydrogens (tertiary/aromatic N) is 1. The maximum Gasteiger partial charge on any atom is 0.328 e. The summed E-state index contributed by atoms with van der Waals surface area (Å²) in [5.74, 6) is -0.893. The molecule has 0 bridgehead atoms. The molecule has 0 aromatic carbocycles. The maximum absolute atomic E-state index is 10.4. The molecule has 3 nitrogen and oxygen atoms in total. The molecule has 0 atom stereocenters. The first-order valence-corrected chi connectivity index (χ1v) is 7.24. The molecule has 4 heteroatoms. The molecule has 1 aliphatic carbocycles. The Bertz CT molecular complexity index is 435. The van der Waals surface area contributed by atoms with Crippen molar-refractivity contribution in [3.05, 3.63) is 28.0 Å². The summed E-state index contributed by atoms with van der Waals surface area (Å²) in [6.45, 7) is 4.37. The van der Waals surface area contributed by atoms with Gasteiger partial charge in [-0.3, -0.25) is 4.90 Å². The molecule has 0 spiro atoms. The number of carboxylic acid groups (broad SMARTS) is 1. The first-order chi connectivity index (χ1) is 8.69. The summed E-state index contributed by atoms with van der Waals surface area (Å²) < 4.78 is 0. The van der Waals surface area contributed by atoms with E-state index in [4.69, 9.17) is 5.11 Å². The Hall–Kier alpha value is -1.13. The Morgan fingerprint density at radius 2 is 2.33 bits per heavy atom. The molecule has 2 rings (SSSR count). The predicted molar refractivity (Wildman–Crippen MR) is 74.7 cm³/mol. The second-order valence-corrected chi connectivity index (χ2v) is 5.88. The van der Waals surface area contributed by atoms with Crippen molar-refractivity contribution in [2.75, 3.05) is 6.54 Å². The van der Waals surface area contributed by atoms with Crippen LogP contribution in [0.25, 0.3) is 6.08 Å². The first-order valence-electron chi connectivity index (χ1n) is 6.43. The molecule has 0 amide bonds. The second-order valence-electron chi connectivity index (χ2n) is 4.68. The Morgan fingerprint density at radius 1 is 1.56 bits per heavy atom. The molecule has 1 aromatic heterocycles. The minimum atomic E-state index is -0.893. The van der Waals surface area contributed by atoms with Crippen LogP contribution in [0.2, 0.25) is 0 Å². The van der Waals surface area contributed by atoms with Gasteiger partial charge in [-0.05, 0) is 44.0 Å². The van der Waals surface area contributed by atoms with Crippen LogP contribution in [-0.2, 0) is 11.3 Å².